The molecule has 0 radical (unpaired) electrons. The van der Waals surface area contributed by atoms with Gasteiger partial charge in [-0.15, -0.1) is 0 Å². The van der Waals surface area contributed by atoms with Gasteiger partial charge in [-0.2, -0.15) is 10.2 Å². The smallest absolute Gasteiger partial charge is 0.177 e. The fourth-order valence-corrected chi connectivity index (χ4v) is 3.87. The van der Waals surface area contributed by atoms with Crippen molar-refractivity contribution in [2.75, 3.05) is 10.6 Å². The zero-order chi connectivity index (χ0) is 22.7. The van der Waals surface area contributed by atoms with E-state index in [9.17, 15) is 4.39 Å². The molecule has 0 fully saturated rings. The van der Waals surface area contributed by atoms with Crippen LogP contribution in [0.4, 0.5) is 16.0 Å². The van der Waals surface area contributed by atoms with Crippen molar-refractivity contribution in [3.8, 4) is 0 Å². The third-order valence-corrected chi connectivity index (χ3v) is 5.64. The Morgan fingerprint density at radius 1 is 0.875 bits per heavy atom. The Balaban J connectivity index is 1.34. The zero-order valence-electron chi connectivity index (χ0n) is 16.4. The van der Waals surface area contributed by atoms with Crippen molar-refractivity contribution in [2.45, 2.75) is 13.1 Å². The van der Waals surface area contributed by atoms with Crippen molar-refractivity contribution in [2.24, 2.45) is 0 Å². The average Bonchev–Trinajstić information content (AvgIpc) is 3.36. The lowest BCUT2D eigenvalue weighted by Crippen LogP contribution is -2.20. The van der Waals surface area contributed by atoms with Crippen molar-refractivity contribution < 1.29 is 4.39 Å². The first-order valence-corrected chi connectivity index (χ1v) is 10.9. The summed E-state index contributed by atoms with van der Waals surface area (Å²) < 4.78 is 17.3. The maximum atomic E-state index is 14.0. The monoisotopic (exact) mass is 508 g/mol. The standard InChI is InChI=1S/C21H16Cl3FN6S/c22-14-5-4-13(17(24)10-14)11-30-8-6-19(28-30)26-21(32)27-20-7-9-31(29-20)12-15-16(23)2-1-3-18(15)25/h1-10H,11-12H2,(H2,26,27,28,29,32). The first-order chi connectivity index (χ1) is 15.4. The quantitative estimate of drug-likeness (QED) is 0.308. The molecule has 0 bridgehead atoms. The first kappa shape index (κ1) is 22.5. The molecule has 6 nitrogen and oxygen atoms in total. The molecule has 2 aromatic carbocycles. The third-order valence-electron chi connectivity index (χ3n) is 4.49. The molecular formula is C21H16Cl3FN6S. The lowest BCUT2D eigenvalue weighted by molar-refractivity contribution is 0.586. The predicted molar refractivity (Wildman–Crippen MR) is 130 cm³/mol. The molecule has 2 heterocycles. The molecule has 0 unspecified atom stereocenters. The molecular weight excluding hydrogens is 494 g/mol. The molecule has 4 aromatic rings. The Hall–Kier alpha value is -2.65. The molecule has 11 heteroatoms. The average molecular weight is 510 g/mol. The summed E-state index contributed by atoms with van der Waals surface area (Å²) in [4.78, 5) is 0. The van der Waals surface area contributed by atoms with E-state index < -0.39 is 0 Å². The number of aromatic nitrogens is 4. The molecule has 0 aliphatic rings. The van der Waals surface area contributed by atoms with Gasteiger partial charge in [0.15, 0.2) is 16.7 Å². The predicted octanol–water partition coefficient (Wildman–Crippen LogP) is 6.08. The summed E-state index contributed by atoms with van der Waals surface area (Å²) in [6, 6.07) is 13.4. The number of nitrogens with zero attached hydrogens (tertiary/aromatic N) is 4. The Morgan fingerprint density at radius 3 is 2.16 bits per heavy atom. The topological polar surface area (TPSA) is 59.7 Å². The summed E-state index contributed by atoms with van der Waals surface area (Å²) in [6.45, 7) is 0.686. The van der Waals surface area contributed by atoms with Gasteiger partial charge in [-0.25, -0.2) is 4.39 Å². The third kappa shape index (κ3) is 5.58. The van der Waals surface area contributed by atoms with E-state index in [4.69, 9.17) is 47.0 Å². The summed E-state index contributed by atoms with van der Waals surface area (Å²) in [5, 5.41) is 16.6. The first-order valence-electron chi connectivity index (χ1n) is 9.39. The van der Waals surface area contributed by atoms with Crippen LogP contribution in [-0.4, -0.2) is 24.7 Å². The van der Waals surface area contributed by atoms with Gasteiger partial charge in [0.05, 0.1) is 13.1 Å². The van der Waals surface area contributed by atoms with Crippen LogP contribution < -0.4 is 10.6 Å². The summed E-state index contributed by atoms with van der Waals surface area (Å²) in [5.41, 5.74) is 1.27. The lowest BCUT2D eigenvalue weighted by atomic mass is 10.2. The number of hydrogen-bond acceptors (Lipinski definition) is 3. The molecule has 0 saturated carbocycles. The minimum Gasteiger partial charge on any atom is -0.316 e. The second-order valence-electron chi connectivity index (χ2n) is 6.81. The number of halogens is 4. The van der Waals surface area contributed by atoms with Crippen molar-refractivity contribution in [1.29, 1.82) is 0 Å². The van der Waals surface area contributed by atoms with Crippen molar-refractivity contribution in [1.82, 2.24) is 19.6 Å². The van der Waals surface area contributed by atoms with E-state index in [2.05, 4.69) is 20.8 Å². The van der Waals surface area contributed by atoms with E-state index in [0.717, 1.165) is 5.56 Å². The van der Waals surface area contributed by atoms with Gasteiger partial charge in [0.1, 0.15) is 5.82 Å². The molecule has 0 atom stereocenters. The van der Waals surface area contributed by atoms with Gasteiger partial charge < -0.3 is 10.6 Å². The van der Waals surface area contributed by atoms with Crippen molar-refractivity contribution in [3.05, 3.63) is 92.9 Å². The van der Waals surface area contributed by atoms with E-state index >= 15 is 0 Å². The molecule has 0 saturated heterocycles. The molecule has 4 rings (SSSR count). The fourth-order valence-electron chi connectivity index (χ4n) is 2.97. The van der Waals surface area contributed by atoms with Gasteiger partial charge in [-0.1, -0.05) is 46.9 Å². The lowest BCUT2D eigenvalue weighted by Gasteiger charge is -2.08. The molecule has 0 spiro atoms. The van der Waals surface area contributed by atoms with Crippen LogP contribution in [0.15, 0.2) is 60.9 Å². The van der Waals surface area contributed by atoms with Crippen LogP contribution in [0.3, 0.4) is 0 Å². The van der Waals surface area contributed by atoms with Gasteiger partial charge in [0, 0.05) is 45.2 Å². The molecule has 164 valence electrons. The van der Waals surface area contributed by atoms with Gasteiger partial charge >= 0.3 is 0 Å². The highest BCUT2D eigenvalue weighted by atomic mass is 35.5. The number of rotatable bonds is 6. The van der Waals surface area contributed by atoms with Crippen molar-refractivity contribution >= 4 is 63.8 Å². The van der Waals surface area contributed by atoms with E-state index in [1.807, 2.05) is 12.3 Å². The second kappa shape index (κ2) is 9.87. The van der Waals surface area contributed by atoms with Gasteiger partial charge in [0.25, 0.3) is 0 Å². The number of hydrogen-bond donors (Lipinski definition) is 2. The molecule has 0 aliphatic heterocycles. The minimum absolute atomic E-state index is 0.199. The normalized spacial score (nSPS) is 10.9. The van der Waals surface area contributed by atoms with E-state index in [-0.39, 0.29) is 12.4 Å². The highest BCUT2D eigenvalue weighted by molar-refractivity contribution is 7.80. The highest BCUT2D eigenvalue weighted by Gasteiger charge is 2.10. The SMILES string of the molecule is Fc1cccc(Cl)c1Cn1ccc(NC(=S)Nc2ccn(Cc3ccc(Cl)cc3Cl)n2)n1. The summed E-state index contributed by atoms with van der Waals surface area (Å²) >= 11 is 23.6. The van der Waals surface area contributed by atoms with E-state index in [1.54, 1.807) is 52.0 Å². The fraction of sp³-hybridized carbons (Fsp3) is 0.0952. The number of benzene rings is 2. The largest absolute Gasteiger partial charge is 0.316 e. The van der Waals surface area contributed by atoms with Crippen LogP contribution >= 0.6 is 47.0 Å². The van der Waals surface area contributed by atoms with Crippen LogP contribution in [-0.2, 0) is 13.1 Å². The number of nitrogens with one attached hydrogen (secondary N) is 2. The second-order valence-corrected chi connectivity index (χ2v) is 8.47. The Bertz CT molecular complexity index is 1250. The number of anilines is 2. The molecule has 0 aliphatic carbocycles. The van der Waals surface area contributed by atoms with E-state index in [1.165, 1.54) is 6.07 Å². The maximum Gasteiger partial charge on any atom is 0.177 e. The van der Waals surface area contributed by atoms with Crippen LogP contribution in [0.25, 0.3) is 0 Å². The Morgan fingerprint density at radius 2 is 1.53 bits per heavy atom. The van der Waals surface area contributed by atoms with Gasteiger partial charge in [0.2, 0.25) is 0 Å². The van der Waals surface area contributed by atoms with E-state index in [0.29, 0.717) is 43.9 Å². The van der Waals surface area contributed by atoms with Crippen LogP contribution in [0.5, 0.6) is 0 Å². The summed E-state index contributed by atoms with van der Waals surface area (Å²) in [6.07, 6.45) is 3.51. The van der Waals surface area contributed by atoms with Crippen LogP contribution in [0.1, 0.15) is 11.1 Å². The summed E-state index contributed by atoms with van der Waals surface area (Å²) in [5.74, 6) is 0.683. The number of thiocarbonyl (C=S) groups is 1. The molecule has 2 aromatic heterocycles. The van der Waals surface area contributed by atoms with Crippen LogP contribution in [0, 0.1) is 5.82 Å². The summed E-state index contributed by atoms with van der Waals surface area (Å²) in [7, 11) is 0. The van der Waals surface area contributed by atoms with Gasteiger partial charge in [-0.3, -0.25) is 9.36 Å². The van der Waals surface area contributed by atoms with Gasteiger partial charge in [-0.05, 0) is 42.0 Å². The Labute approximate surface area is 203 Å². The molecule has 2 N–H and O–H groups in total. The minimum atomic E-state index is -0.379. The Kier molecular flexibility index (Phi) is 6.95. The highest BCUT2D eigenvalue weighted by Crippen LogP contribution is 2.22. The van der Waals surface area contributed by atoms with Crippen LogP contribution in [0.2, 0.25) is 15.1 Å². The van der Waals surface area contributed by atoms with Crippen molar-refractivity contribution in [3.63, 3.8) is 0 Å². The zero-order valence-corrected chi connectivity index (χ0v) is 19.5. The maximum absolute atomic E-state index is 14.0. The molecule has 32 heavy (non-hydrogen) atoms. The molecule has 0 amide bonds.